The summed E-state index contributed by atoms with van der Waals surface area (Å²) in [5, 5.41) is 0. The number of rotatable bonds is 3. The maximum absolute atomic E-state index is 12.1. The number of alkyl halides is 2. The zero-order valence-electron chi connectivity index (χ0n) is 7.35. The second-order valence-corrected chi connectivity index (χ2v) is 4.62. The van der Waals surface area contributed by atoms with Crippen LogP contribution in [0.5, 0.6) is 0 Å². The van der Waals surface area contributed by atoms with E-state index in [4.69, 9.17) is 5.73 Å². The normalized spacial score (nSPS) is 11.7. The molecule has 0 heterocycles. The lowest BCUT2D eigenvalue weighted by Crippen LogP contribution is -2.14. The van der Waals surface area contributed by atoms with Crippen LogP contribution in [0.25, 0.3) is 0 Å². The van der Waals surface area contributed by atoms with Crippen molar-refractivity contribution in [2.75, 3.05) is 0 Å². The molecule has 0 aliphatic carbocycles. The molecule has 1 aromatic rings. The van der Waals surface area contributed by atoms with Gasteiger partial charge in [0.05, 0.1) is 4.90 Å². The Kier molecular flexibility index (Phi) is 3.04. The number of amides is 1. The van der Waals surface area contributed by atoms with E-state index in [1.807, 2.05) is 0 Å². The zero-order chi connectivity index (χ0) is 11.6. The van der Waals surface area contributed by atoms with Crippen LogP contribution in [0, 0.1) is 0 Å². The Hall–Kier alpha value is -1.50. The minimum atomic E-state index is -4.67. The Balaban J connectivity index is 3.29. The Morgan fingerprint density at radius 1 is 1.33 bits per heavy atom. The highest BCUT2D eigenvalue weighted by molar-refractivity contribution is 7.91. The average molecular weight is 235 g/mol. The van der Waals surface area contributed by atoms with Gasteiger partial charge in [-0.3, -0.25) is 4.79 Å². The lowest BCUT2D eigenvalue weighted by molar-refractivity contribution is 0.1000. The molecule has 2 N–H and O–H groups in total. The highest BCUT2D eigenvalue weighted by Gasteiger charge is 2.26. The van der Waals surface area contributed by atoms with Crippen LogP contribution in [0.4, 0.5) is 8.78 Å². The van der Waals surface area contributed by atoms with Gasteiger partial charge in [-0.15, -0.1) is 0 Å². The smallest absolute Gasteiger partial charge is 0.341 e. The monoisotopic (exact) mass is 235 g/mol. The van der Waals surface area contributed by atoms with Gasteiger partial charge in [0.25, 0.3) is 0 Å². The molecule has 0 bridgehead atoms. The molecule has 0 aliphatic rings. The molecule has 0 aliphatic heterocycles. The maximum atomic E-state index is 12.1. The van der Waals surface area contributed by atoms with E-state index in [2.05, 4.69) is 0 Å². The molecule has 0 saturated heterocycles. The minimum absolute atomic E-state index is 0.128. The molecule has 1 aromatic carbocycles. The minimum Gasteiger partial charge on any atom is -0.366 e. The van der Waals surface area contributed by atoms with Gasteiger partial charge < -0.3 is 5.73 Å². The van der Waals surface area contributed by atoms with Crippen molar-refractivity contribution in [2.45, 2.75) is 10.7 Å². The number of carbonyl (C=O) groups excluding carboxylic acids is 1. The first kappa shape index (κ1) is 11.6. The molecule has 0 atom stereocenters. The predicted octanol–water partition coefficient (Wildman–Crippen LogP) is 0.782. The Morgan fingerprint density at radius 3 is 2.40 bits per heavy atom. The van der Waals surface area contributed by atoms with Crippen LogP contribution in [-0.4, -0.2) is 20.1 Å². The molecule has 0 aromatic heterocycles. The fourth-order valence-corrected chi connectivity index (χ4v) is 1.69. The second-order valence-electron chi connectivity index (χ2n) is 2.70. The summed E-state index contributed by atoms with van der Waals surface area (Å²) in [4.78, 5) is 10.1. The van der Waals surface area contributed by atoms with Crippen LogP contribution in [0.3, 0.4) is 0 Å². The third-order valence-corrected chi connectivity index (χ3v) is 3.06. The van der Waals surface area contributed by atoms with Crippen LogP contribution in [-0.2, 0) is 9.84 Å². The zero-order valence-corrected chi connectivity index (χ0v) is 8.17. The highest BCUT2D eigenvalue weighted by atomic mass is 32.2. The van der Waals surface area contributed by atoms with Gasteiger partial charge in [0.15, 0.2) is 0 Å². The topological polar surface area (TPSA) is 77.2 Å². The Morgan fingerprint density at radius 2 is 1.93 bits per heavy atom. The van der Waals surface area contributed by atoms with Gasteiger partial charge in [-0.05, 0) is 18.2 Å². The first-order valence-electron chi connectivity index (χ1n) is 3.77. The van der Waals surface area contributed by atoms with Gasteiger partial charge in [-0.25, -0.2) is 8.42 Å². The summed E-state index contributed by atoms with van der Waals surface area (Å²) in [5.74, 6) is -4.39. The first-order chi connectivity index (χ1) is 6.85. The summed E-state index contributed by atoms with van der Waals surface area (Å²) >= 11 is 0. The van der Waals surface area contributed by atoms with Crippen molar-refractivity contribution in [3.63, 3.8) is 0 Å². The molecular formula is C8H7F2NO3S. The van der Waals surface area contributed by atoms with Gasteiger partial charge in [0.1, 0.15) is 0 Å². The second kappa shape index (κ2) is 3.93. The first-order valence-corrected chi connectivity index (χ1v) is 5.32. The van der Waals surface area contributed by atoms with Crippen LogP contribution in [0.1, 0.15) is 10.4 Å². The van der Waals surface area contributed by atoms with E-state index < -0.39 is 26.4 Å². The SMILES string of the molecule is NC(=O)c1cccc(S(=O)(=O)C(F)F)c1. The fourth-order valence-electron chi connectivity index (χ4n) is 0.929. The van der Waals surface area contributed by atoms with Crippen molar-refractivity contribution in [3.8, 4) is 0 Å². The molecule has 1 amide bonds. The summed E-state index contributed by atoms with van der Waals surface area (Å²) < 4.78 is 46.3. The van der Waals surface area contributed by atoms with Crippen molar-refractivity contribution in [1.82, 2.24) is 0 Å². The van der Waals surface area contributed by atoms with Crippen molar-refractivity contribution in [2.24, 2.45) is 5.73 Å². The number of halogens is 2. The van der Waals surface area contributed by atoms with E-state index in [1.165, 1.54) is 12.1 Å². The number of hydrogen-bond acceptors (Lipinski definition) is 3. The van der Waals surface area contributed by atoms with Crippen LogP contribution >= 0.6 is 0 Å². The molecule has 4 nitrogen and oxygen atoms in total. The molecular weight excluding hydrogens is 228 g/mol. The molecule has 82 valence electrons. The van der Waals surface area contributed by atoms with Crippen molar-refractivity contribution in [1.29, 1.82) is 0 Å². The molecule has 0 spiro atoms. The summed E-state index contributed by atoms with van der Waals surface area (Å²) in [7, 11) is -4.67. The number of primary amides is 1. The van der Waals surface area contributed by atoms with E-state index in [-0.39, 0.29) is 5.56 Å². The molecule has 0 saturated carbocycles. The van der Waals surface area contributed by atoms with Crippen LogP contribution in [0.2, 0.25) is 0 Å². The average Bonchev–Trinajstić information content (AvgIpc) is 2.17. The quantitative estimate of drug-likeness (QED) is 0.841. The predicted molar refractivity (Wildman–Crippen MR) is 48.1 cm³/mol. The van der Waals surface area contributed by atoms with Crippen molar-refractivity contribution < 1.29 is 22.0 Å². The Bertz CT molecular complexity index is 484. The van der Waals surface area contributed by atoms with Gasteiger partial charge in [0.2, 0.25) is 15.7 Å². The largest absolute Gasteiger partial charge is 0.366 e. The Labute approximate surface area is 84.6 Å². The van der Waals surface area contributed by atoms with Gasteiger partial charge in [0, 0.05) is 5.56 Å². The lowest BCUT2D eigenvalue weighted by atomic mass is 10.2. The highest BCUT2D eigenvalue weighted by Crippen LogP contribution is 2.18. The fraction of sp³-hybridized carbons (Fsp3) is 0.125. The molecule has 1 rings (SSSR count). The van der Waals surface area contributed by atoms with Crippen LogP contribution in [0.15, 0.2) is 29.2 Å². The van der Waals surface area contributed by atoms with E-state index in [0.29, 0.717) is 0 Å². The van der Waals surface area contributed by atoms with Gasteiger partial charge >= 0.3 is 5.76 Å². The van der Waals surface area contributed by atoms with Crippen LogP contribution < -0.4 is 5.73 Å². The number of sulfone groups is 1. The lowest BCUT2D eigenvalue weighted by Gasteiger charge is -2.03. The molecule has 7 heteroatoms. The van der Waals surface area contributed by atoms with Crippen molar-refractivity contribution >= 4 is 15.7 Å². The number of benzene rings is 1. The summed E-state index contributed by atoms with van der Waals surface area (Å²) in [5.41, 5.74) is 4.75. The molecule has 15 heavy (non-hydrogen) atoms. The standard InChI is InChI=1S/C8H7F2NO3S/c9-8(10)15(13,14)6-3-1-2-5(4-6)7(11)12/h1-4,8H,(H2,11,12). The number of nitrogens with two attached hydrogens (primary N) is 1. The number of carbonyl (C=O) groups is 1. The van der Waals surface area contributed by atoms with E-state index >= 15 is 0 Å². The molecule has 0 radical (unpaired) electrons. The van der Waals surface area contributed by atoms with Crippen molar-refractivity contribution in [3.05, 3.63) is 29.8 Å². The summed E-state index contributed by atoms with van der Waals surface area (Å²) in [6.07, 6.45) is 0. The molecule has 0 unspecified atom stereocenters. The maximum Gasteiger partial charge on any atom is 0.341 e. The summed E-state index contributed by atoms with van der Waals surface area (Å²) in [6, 6.07) is 4.22. The number of hydrogen-bond donors (Lipinski definition) is 1. The van der Waals surface area contributed by atoms with E-state index in [9.17, 15) is 22.0 Å². The third-order valence-electron chi connectivity index (χ3n) is 1.68. The summed E-state index contributed by atoms with van der Waals surface area (Å²) in [6.45, 7) is 0. The van der Waals surface area contributed by atoms with Gasteiger partial charge in [-0.1, -0.05) is 6.07 Å². The van der Waals surface area contributed by atoms with E-state index in [0.717, 1.165) is 12.1 Å². The molecule has 0 fully saturated rings. The third kappa shape index (κ3) is 2.30. The van der Waals surface area contributed by atoms with Gasteiger partial charge in [-0.2, -0.15) is 8.78 Å². The van der Waals surface area contributed by atoms with E-state index in [1.54, 1.807) is 0 Å².